The molecule has 0 aliphatic carbocycles. The van der Waals surface area contributed by atoms with E-state index in [0.717, 1.165) is 0 Å². The van der Waals surface area contributed by atoms with Gasteiger partial charge in [-0.05, 0) is 11.6 Å². The highest BCUT2D eigenvalue weighted by atomic mass is 15.3. The number of hydrogen-bond acceptors (Lipinski definition) is 1. The van der Waals surface area contributed by atoms with Crippen LogP contribution in [-0.2, 0) is 0 Å². The lowest BCUT2D eigenvalue weighted by Crippen LogP contribution is -2.07. The molecule has 0 bridgehead atoms. The van der Waals surface area contributed by atoms with E-state index in [9.17, 15) is 0 Å². The topological polar surface area (TPSA) is 17.8 Å². The normalized spacial score (nSPS) is 12.3. The number of allylic oxidation sites excluding steroid dienone is 1. The predicted molar refractivity (Wildman–Crippen MR) is 57.0 cm³/mol. The molecule has 0 fully saturated rings. The van der Waals surface area contributed by atoms with Crippen LogP contribution in [0.3, 0.4) is 0 Å². The van der Waals surface area contributed by atoms with Crippen molar-refractivity contribution in [1.82, 2.24) is 9.78 Å². The van der Waals surface area contributed by atoms with Gasteiger partial charge in [0, 0.05) is 12.4 Å². The molecule has 1 heterocycles. The predicted octanol–water partition coefficient (Wildman–Crippen LogP) is 2.66. The van der Waals surface area contributed by atoms with Crippen molar-refractivity contribution >= 4 is 0 Å². The van der Waals surface area contributed by atoms with Crippen molar-refractivity contribution in [3.63, 3.8) is 0 Å². The Labute approximate surface area is 83.5 Å². The maximum absolute atomic E-state index is 4.21. The van der Waals surface area contributed by atoms with E-state index in [0.29, 0.717) is 0 Å². The Morgan fingerprint density at radius 1 is 1.21 bits per heavy atom. The summed E-state index contributed by atoms with van der Waals surface area (Å²) in [5.41, 5.74) is 1.20. The summed E-state index contributed by atoms with van der Waals surface area (Å²) in [5.74, 6) is 0. The molecular formula is C12H12N2. The number of nitrogens with zero attached hydrogens (tertiary/aromatic N) is 2. The van der Waals surface area contributed by atoms with Crippen LogP contribution < -0.4 is 0 Å². The number of aromatic nitrogens is 2. The standard InChI is InChI=1S/C12H12N2/c1-2-12(14-10-6-9-13-14)11-7-4-3-5-8-11/h2-10,12H,1H2. The SMILES string of the molecule is C=CC(c1ccccc1)n1cccn1. The highest BCUT2D eigenvalue weighted by Crippen LogP contribution is 2.17. The van der Waals surface area contributed by atoms with Crippen LogP contribution in [0.15, 0.2) is 61.4 Å². The van der Waals surface area contributed by atoms with Crippen molar-refractivity contribution in [2.45, 2.75) is 6.04 Å². The number of benzene rings is 1. The van der Waals surface area contributed by atoms with Crippen LogP contribution >= 0.6 is 0 Å². The lowest BCUT2D eigenvalue weighted by molar-refractivity contribution is 0.612. The van der Waals surface area contributed by atoms with Gasteiger partial charge in [0.1, 0.15) is 0 Å². The third kappa shape index (κ3) is 1.59. The first-order valence-corrected chi connectivity index (χ1v) is 4.58. The zero-order valence-corrected chi connectivity index (χ0v) is 7.88. The first kappa shape index (κ1) is 8.75. The van der Waals surface area contributed by atoms with E-state index in [1.807, 2.05) is 41.2 Å². The molecule has 2 heteroatoms. The minimum Gasteiger partial charge on any atom is -0.261 e. The lowest BCUT2D eigenvalue weighted by atomic mass is 10.1. The molecule has 0 radical (unpaired) electrons. The van der Waals surface area contributed by atoms with Crippen molar-refractivity contribution in [2.24, 2.45) is 0 Å². The number of hydrogen-bond donors (Lipinski definition) is 0. The molecule has 0 saturated heterocycles. The minimum absolute atomic E-state index is 0.131. The molecular weight excluding hydrogens is 172 g/mol. The first-order valence-electron chi connectivity index (χ1n) is 4.58. The van der Waals surface area contributed by atoms with Gasteiger partial charge in [-0.25, -0.2) is 0 Å². The zero-order chi connectivity index (χ0) is 9.80. The van der Waals surface area contributed by atoms with Crippen molar-refractivity contribution < 1.29 is 0 Å². The summed E-state index contributed by atoms with van der Waals surface area (Å²) in [6, 6.07) is 12.3. The molecule has 1 unspecified atom stereocenters. The van der Waals surface area contributed by atoms with E-state index >= 15 is 0 Å². The second-order valence-electron chi connectivity index (χ2n) is 3.08. The summed E-state index contributed by atoms with van der Waals surface area (Å²) < 4.78 is 1.89. The Kier molecular flexibility index (Phi) is 2.45. The fourth-order valence-electron chi connectivity index (χ4n) is 1.49. The van der Waals surface area contributed by atoms with E-state index in [4.69, 9.17) is 0 Å². The molecule has 2 aromatic rings. The van der Waals surface area contributed by atoms with Gasteiger partial charge in [0.05, 0.1) is 6.04 Å². The maximum atomic E-state index is 4.21. The van der Waals surface area contributed by atoms with E-state index in [1.165, 1.54) is 5.56 Å². The summed E-state index contributed by atoms with van der Waals surface area (Å²) in [7, 11) is 0. The molecule has 0 spiro atoms. The van der Waals surface area contributed by atoms with Crippen molar-refractivity contribution in [1.29, 1.82) is 0 Å². The van der Waals surface area contributed by atoms with Crippen LogP contribution in [0, 0.1) is 0 Å². The van der Waals surface area contributed by atoms with Crippen LogP contribution in [-0.4, -0.2) is 9.78 Å². The zero-order valence-electron chi connectivity index (χ0n) is 7.88. The molecule has 14 heavy (non-hydrogen) atoms. The van der Waals surface area contributed by atoms with E-state index in [-0.39, 0.29) is 6.04 Å². The van der Waals surface area contributed by atoms with Gasteiger partial charge in [0.2, 0.25) is 0 Å². The Bertz CT molecular complexity index is 390. The molecule has 2 nitrogen and oxygen atoms in total. The third-order valence-electron chi connectivity index (χ3n) is 2.17. The Morgan fingerprint density at radius 3 is 2.57 bits per heavy atom. The first-order chi connectivity index (χ1) is 6.92. The van der Waals surface area contributed by atoms with E-state index < -0.39 is 0 Å². The van der Waals surface area contributed by atoms with Crippen LogP contribution in [0.25, 0.3) is 0 Å². The molecule has 0 amide bonds. The Morgan fingerprint density at radius 2 is 2.00 bits per heavy atom. The fraction of sp³-hybridized carbons (Fsp3) is 0.0833. The fourth-order valence-corrected chi connectivity index (χ4v) is 1.49. The molecule has 0 N–H and O–H groups in total. The monoisotopic (exact) mass is 184 g/mol. The molecule has 1 aromatic carbocycles. The number of rotatable bonds is 3. The quantitative estimate of drug-likeness (QED) is 0.670. The van der Waals surface area contributed by atoms with Gasteiger partial charge >= 0.3 is 0 Å². The second-order valence-corrected chi connectivity index (χ2v) is 3.08. The van der Waals surface area contributed by atoms with E-state index in [1.54, 1.807) is 6.20 Å². The largest absolute Gasteiger partial charge is 0.261 e. The maximum Gasteiger partial charge on any atom is 0.0947 e. The van der Waals surface area contributed by atoms with Gasteiger partial charge in [-0.3, -0.25) is 4.68 Å². The highest BCUT2D eigenvalue weighted by Gasteiger charge is 2.07. The highest BCUT2D eigenvalue weighted by molar-refractivity contribution is 5.23. The molecule has 2 rings (SSSR count). The van der Waals surface area contributed by atoms with Gasteiger partial charge in [0.25, 0.3) is 0 Å². The smallest absolute Gasteiger partial charge is 0.0947 e. The van der Waals surface area contributed by atoms with Gasteiger partial charge in [0.15, 0.2) is 0 Å². The van der Waals surface area contributed by atoms with Crippen LogP contribution in [0.4, 0.5) is 0 Å². The van der Waals surface area contributed by atoms with Crippen molar-refractivity contribution in [2.75, 3.05) is 0 Å². The summed E-state index contributed by atoms with van der Waals surface area (Å²) in [4.78, 5) is 0. The van der Waals surface area contributed by atoms with Gasteiger partial charge < -0.3 is 0 Å². The molecule has 70 valence electrons. The van der Waals surface area contributed by atoms with Crippen LogP contribution in [0.5, 0.6) is 0 Å². The summed E-state index contributed by atoms with van der Waals surface area (Å²) in [6.07, 6.45) is 5.61. The summed E-state index contributed by atoms with van der Waals surface area (Å²) >= 11 is 0. The van der Waals surface area contributed by atoms with Crippen LogP contribution in [0.2, 0.25) is 0 Å². The lowest BCUT2D eigenvalue weighted by Gasteiger charge is -2.12. The average molecular weight is 184 g/mol. The van der Waals surface area contributed by atoms with Gasteiger partial charge in [-0.15, -0.1) is 6.58 Å². The molecule has 1 aromatic heterocycles. The van der Waals surface area contributed by atoms with E-state index in [2.05, 4.69) is 23.8 Å². The summed E-state index contributed by atoms with van der Waals surface area (Å²) in [5, 5.41) is 4.21. The third-order valence-corrected chi connectivity index (χ3v) is 2.17. The average Bonchev–Trinajstić information content (AvgIpc) is 2.74. The molecule has 0 saturated carbocycles. The van der Waals surface area contributed by atoms with Gasteiger partial charge in [-0.2, -0.15) is 5.10 Å². The van der Waals surface area contributed by atoms with Gasteiger partial charge in [-0.1, -0.05) is 36.4 Å². The summed E-state index contributed by atoms with van der Waals surface area (Å²) in [6.45, 7) is 3.83. The Hall–Kier alpha value is -1.83. The van der Waals surface area contributed by atoms with Crippen molar-refractivity contribution in [3.05, 3.63) is 67.0 Å². The molecule has 0 aliphatic rings. The Balaban J connectivity index is 2.36. The second kappa shape index (κ2) is 3.92. The molecule has 0 aliphatic heterocycles. The van der Waals surface area contributed by atoms with Crippen molar-refractivity contribution in [3.8, 4) is 0 Å². The minimum atomic E-state index is 0.131. The van der Waals surface area contributed by atoms with Crippen LogP contribution in [0.1, 0.15) is 11.6 Å². The molecule has 1 atom stereocenters.